The summed E-state index contributed by atoms with van der Waals surface area (Å²) in [5.41, 5.74) is 8.01. The van der Waals surface area contributed by atoms with Crippen molar-refractivity contribution >= 4 is 50.4 Å². The molecule has 0 atom stereocenters. The molecule has 0 spiro atoms. The molecule has 4 rings (SSSR count). The summed E-state index contributed by atoms with van der Waals surface area (Å²) in [6.45, 7) is 4.10. The fourth-order valence-electron chi connectivity index (χ4n) is 3.57. The van der Waals surface area contributed by atoms with Gasteiger partial charge in [0.15, 0.2) is 0 Å². The highest BCUT2D eigenvalue weighted by atomic mass is 35.5. The Balaban J connectivity index is 1.39. The Kier molecular flexibility index (Phi) is 6.54. The van der Waals surface area contributed by atoms with Crippen molar-refractivity contribution in [3.63, 3.8) is 0 Å². The number of amides is 1. The number of pyridine rings is 1. The lowest BCUT2D eigenvalue weighted by molar-refractivity contribution is 0.0959. The van der Waals surface area contributed by atoms with E-state index in [0.29, 0.717) is 28.2 Å². The normalized spacial score (nSPS) is 14.4. The number of benzene rings is 1. The number of nitrogens with one attached hydrogen (secondary N) is 2. The number of hydrogen-bond donors (Lipinski definition) is 3. The first-order valence-electron chi connectivity index (χ1n) is 9.93. The second kappa shape index (κ2) is 9.33. The van der Waals surface area contributed by atoms with Crippen molar-refractivity contribution in [2.75, 3.05) is 43.4 Å². The van der Waals surface area contributed by atoms with Crippen molar-refractivity contribution in [2.45, 2.75) is 12.8 Å². The molecule has 0 bridgehead atoms. The SMILES string of the molecule is Nc1c(C(=O)NCCc2ccc(N3CCNCC3)c(Cl)c2)sc2nc(C(F)F)ccc12. The number of rotatable bonds is 6. The lowest BCUT2D eigenvalue weighted by atomic mass is 10.1. The van der Waals surface area contributed by atoms with E-state index in [9.17, 15) is 13.6 Å². The van der Waals surface area contributed by atoms with E-state index < -0.39 is 6.43 Å². The van der Waals surface area contributed by atoms with Crippen LogP contribution in [0.25, 0.3) is 10.2 Å². The molecule has 164 valence electrons. The third kappa shape index (κ3) is 4.73. The number of nitrogens with two attached hydrogens (primary N) is 1. The van der Waals surface area contributed by atoms with Crippen molar-refractivity contribution in [1.82, 2.24) is 15.6 Å². The minimum atomic E-state index is -2.67. The molecule has 4 N–H and O–H groups in total. The van der Waals surface area contributed by atoms with Crippen molar-refractivity contribution in [1.29, 1.82) is 0 Å². The number of fused-ring (bicyclic) bond motifs is 1. The van der Waals surface area contributed by atoms with Gasteiger partial charge in [0.2, 0.25) is 0 Å². The number of hydrogen-bond acceptors (Lipinski definition) is 6. The molecule has 6 nitrogen and oxygen atoms in total. The third-order valence-corrected chi connectivity index (χ3v) is 6.63. The van der Waals surface area contributed by atoms with E-state index in [0.717, 1.165) is 48.8 Å². The number of anilines is 2. The molecule has 0 saturated carbocycles. The number of carbonyl (C=O) groups is 1. The molecule has 1 amide bonds. The predicted molar refractivity (Wildman–Crippen MR) is 122 cm³/mol. The van der Waals surface area contributed by atoms with Gasteiger partial charge >= 0.3 is 0 Å². The molecule has 0 aliphatic carbocycles. The Morgan fingerprint density at radius 3 is 2.77 bits per heavy atom. The molecule has 1 fully saturated rings. The molecule has 3 heterocycles. The van der Waals surface area contributed by atoms with Crippen molar-refractivity contribution < 1.29 is 13.6 Å². The van der Waals surface area contributed by atoms with Gasteiger partial charge in [-0.05, 0) is 36.2 Å². The standard InChI is InChI=1S/C21H22ClF2N5OS/c22-14-11-12(1-4-16(14)29-9-7-26-8-10-29)5-6-27-20(30)18-17(25)13-2-3-15(19(23)24)28-21(13)31-18/h1-4,11,19,26H,5-10,25H2,(H,27,30). The number of halogens is 3. The Morgan fingerprint density at radius 2 is 2.06 bits per heavy atom. The summed E-state index contributed by atoms with van der Waals surface area (Å²) in [6.07, 6.45) is -2.07. The highest BCUT2D eigenvalue weighted by Gasteiger charge is 2.19. The van der Waals surface area contributed by atoms with Crippen LogP contribution in [0.3, 0.4) is 0 Å². The largest absolute Gasteiger partial charge is 0.397 e. The van der Waals surface area contributed by atoms with Gasteiger partial charge in [-0.3, -0.25) is 4.79 Å². The Bertz CT molecular complexity index is 1100. The number of carbonyl (C=O) groups excluding carboxylic acids is 1. The van der Waals surface area contributed by atoms with Crippen molar-refractivity contribution in [3.8, 4) is 0 Å². The van der Waals surface area contributed by atoms with Crippen LogP contribution < -0.4 is 21.3 Å². The summed E-state index contributed by atoms with van der Waals surface area (Å²) < 4.78 is 25.7. The van der Waals surface area contributed by atoms with Crippen LogP contribution in [-0.4, -0.2) is 43.6 Å². The van der Waals surface area contributed by atoms with E-state index in [1.807, 2.05) is 18.2 Å². The minimum Gasteiger partial charge on any atom is -0.397 e. The van der Waals surface area contributed by atoms with Gasteiger partial charge < -0.3 is 21.3 Å². The van der Waals surface area contributed by atoms with E-state index in [1.54, 1.807) is 0 Å². The van der Waals surface area contributed by atoms with Gasteiger partial charge in [0, 0.05) is 38.1 Å². The van der Waals surface area contributed by atoms with E-state index in [1.165, 1.54) is 12.1 Å². The minimum absolute atomic E-state index is 0.259. The summed E-state index contributed by atoms with van der Waals surface area (Å²) in [5, 5.41) is 7.36. The molecule has 1 aliphatic rings. The first-order valence-corrected chi connectivity index (χ1v) is 11.1. The van der Waals surface area contributed by atoms with Gasteiger partial charge in [-0.15, -0.1) is 11.3 Å². The van der Waals surface area contributed by atoms with E-state index in [4.69, 9.17) is 17.3 Å². The molecule has 1 saturated heterocycles. The number of aromatic nitrogens is 1. The van der Waals surface area contributed by atoms with Gasteiger partial charge in [-0.2, -0.15) is 0 Å². The summed E-state index contributed by atoms with van der Waals surface area (Å²) in [6, 6.07) is 8.66. The predicted octanol–water partition coefficient (Wildman–Crippen LogP) is 3.85. The fraction of sp³-hybridized carbons (Fsp3) is 0.333. The first kappa shape index (κ1) is 21.7. The second-order valence-corrected chi connectivity index (χ2v) is 8.67. The van der Waals surface area contributed by atoms with Gasteiger partial charge in [0.25, 0.3) is 12.3 Å². The molecule has 3 aromatic rings. The smallest absolute Gasteiger partial charge is 0.280 e. The summed E-state index contributed by atoms with van der Waals surface area (Å²) in [5.74, 6) is -0.345. The number of nitrogen functional groups attached to an aromatic ring is 1. The molecule has 0 radical (unpaired) electrons. The number of piperazine rings is 1. The molecule has 0 unspecified atom stereocenters. The van der Waals surface area contributed by atoms with Gasteiger partial charge in [0.1, 0.15) is 15.4 Å². The van der Waals surface area contributed by atoms with Gasteiger partial charge in [0.05, 0.1) is 16.4 Å². The molecule has 1 aliphatic heterocycles. The highest BCUT2D eigenvalue weighted by molar-refractivity contribution is 7.21. The van der Waals surface area contributed by atoms with Crippen LogP contribution in [0.15, 0.2) is 30.3 Å². The van der Waals surface area contributed by atoms with Crippen LogP contribution in [0.4, 0.5) is 20.2 Å². The zero-order valence-electron chi connectivity index (χ0n) is 16.6. The average molecular weight is 466 g/mol. The van der Waals surface area contributed by atoms with Crippen LogP contribution in [0.5, 0.6) is 0 Å². The zero-order chi connectivity index (χ0) is 22.0. The Labute approximate surface area is 187 Å². The van der Waals surface area contributed by atoms with E-state index in [-0.39, 0.29) is 22.2 Å². The summed E-state index contributed by atoms with van der Waals surface area (Å²) >= 11 is 7.49. The Hall–Kier alpha value is -2.49. The number of thiophene rings is 1. The maximum atomic E-state index is 12.9. The van der Waals surface area contributed by atoms with Crippen LogP contribution in [0.2, 0.25) is 5.02 Å². The lowest BCUT2D eigenvalue weighted by Gasteiger charge is -2.30. The molecule has 10 heteroatoms. The highest BCUT2D eigenvalue weighted by Crippen LogP contribution is 2.34. The molecule has 2 aromatic heterocycles. The Morgan fingerprint density at radius 1 is 1.29 bits per heavy atom. The first-order chi connectivity index (χ1) is 14.9. The second-order valence-electron chi connectivity index (χ2n) is 7.26. The summed E-state index contributed by atoms with van der Waals surface area (Å²) in [4.78, 5) is 19.3. The zero-order valence-corrected chi connectivity index (χ0v) is 18.2. The van der Waals surface area contributed by atoms with Crippen LogP contribution in [0, 0.1) is 0 Å². The molecule has 31 heavy (non-hydrogen) atoms. The van der Waals surface area contributed by atoms with E-state index in [2.05, 4.69) is 20.5 Å². The van der Waals surface area contributed by atoms with Gasteiger partial charge in [-0.25, -0.2) is 13.8 Å². The molecule has 1 aromatic carbocycles. The van der Waals surface area contributed by atoms with E-state index >= 15 is 0 Å². The maximum absolute atomic E-state index is 12.9. The number of nitrogens with zero attached hydrogens (tertiary/aromatic N) is 2. The van der Waals surface area contributed by atoms with Crippen LogP contribution in [0.1, 0.15) is 27.4 Å². The quantitative estimate of drug-likeness (QED) is 0.515. The average Bonchev–Trinajstić information content (AvgIpc) is 3.10. The van der Waals surface area contributed by atoms with Crippen LogP contribution in [-0.2, 0) is 6.42 Å². The number of alkyl halides is 2. The van der Waals surface area contributed by atoms with Crippen molar-refractivity contribution in [3.05, 3.63) is 51.5 Å². The summed E-state index contributed by atoms with van der Waals surface area (Å²) in [7, 11) is 0. The molecular weight excluding hydrogens is 444 g/mol. The maximum Gasteiger partial charge on any atom is 0.280 e. The van der Waals surface area contributed by atoms with Crippen molar-refractivity contribution in [2.24, 2.45) is 0 Å². The van der Waals surface area contributed by atoms with Gasteiger partial charge in [-0.1, -0.05) is 17.7 Å². The monoisotopic (exact) mass is 465 g/mol. The fourth-order valence-corrected chi connectivity index (χ4v) is 4.91. The topological polar surface area (TPSA) is 83.3 Å². The lowest BCUT2D eigenvalue weighted by Crippen LogP contribution is -2.43. The molecular formula is C21H22ClF2N5OS. The van der Waals surface area contributed by atoms with Crippen LogP contribution >= 0.6 is 22.9 Å². The third-order valence-electron chi connectivity index (χ3n) is 5.21.